The van der Waals surface area contributed by atoms with Crippen LogP contribution < -0.4 is 0 Å². The number of aromatic nitrogens is 2. The number of ether oxygens (including phenoxy) is 1. The maximum atomic E-state index is 12.9. The first-order chi connectivity index (χ1) is 14.8. The van der Waals surface area contributed by atoms with Gasteiger partial charge in [-0.2, -0.15) is 31.4 Å². The highest BCUT2D eigenvalue weighted by molar-refractivity contribution is 5.85. The Morgan fingerprint density at radius 1 is 1.00 bits per heavy atom. The van der Waals surface area contributed by atoms with Crippen LogP contribution in [0.2, 0.25) is 0 Å². The highest BCUT2D eigenvalue weighted by Gasteiger charge is 2.36. The Kier molecular flexibility index (Phi) is 6.37. The summed E-state index contributed by atoms with van der Waals surface area (Å²) in [4.78, 5) is 24.7. The highest BCUT2D eigenvalue weighted by Crippen LogP contribution is 2.36. The Bertz CT molecular complexity index is 983. The summed E-state index contributed by atoms with van der Waals surface area (Å²) in [5.41, 5.74) is -2.88. The van der Waals surface area contributed by atoms with Gasteiger partial charge in [-0.25, -0.2) is 9.59 Å². The second-order valence-corrected chi connectivity index (χ2v) is 7.10. The molecule has 0 saturated heterocycles. The molecular weight excluding hydrogens is 448 g/mol. The summed E-state index contributed by atoms with van der Waals surface area (Å²) in [5, 5.41) is 12.9. The molecule has 0 unspecified atom stereocenters. The van der Waals surface area contributed by atoms with Gasteiger partial charge in [-0.1, -0.05) is 0 Å². The molecule has 1 aromatic carbocycles. The van der Waals surface area contributed by atoms with Crippen LogP contribution in [0.4, 0.5) is 31.1 Å². The smallest absolute Gasteiger partial charge is 0.416 e. The summed E-state index contributed by atoms with van der Waals surface area (Å²) in [6.07, 6.45) is -10.6. The number of rotatable bonds is 4. The molecule has 2 heterocycles. The molecule has 0 radical (unpaired) electrons. The first-order valence-corrected chi connectivity index (χ1v) is 9.34. The molecule has 3 rings (SSSR count). The van der Waals surface area contributed by atoms with Crippen molar-refractivity contribution in [2.75, 3.05) is 13.2 Å². The zero-order valence-electron chi connectivity index (χ0n) is 16.3. The molecule has 1 amide bonds. The van der Waals surface area contributed by atoms with E-state index in [1.54, 1.807) is 0 Å². The maximum absolute atomic E-state index is 12.9. The van der Waals surface area contributed by atoms with Gasteiger partial charge >= 0.3 is 24.4 Å². The first-order valence-electron chi connectivity index (χ1n) is 9.34. The standard InChI is InChI=1S/C19H17F6N3O4/c20-18(21,22)12-6-11(7-13(8-12)19(23,24)25)2-5-32-17(31)27-3-1-4-28-14(10-27)9-15(26-28)16(29)30/h6-9H,1-5,10H2,(H,29,30). The molecule has 0 bridgehead atoms. The van der Waals surface area contributed by atoms with Crippen LogP contribution in [0.25, 0.3) is 0 Å². The van der Waals surface area contributed by atoms with Gasteiger partial charge in [0.1, 0.15) is 0 Å². The summed E-state index contributed by atoms with van der Waals surface area (Å²) < 4.78 is 84.1. The van der Waals surface area contributed by atoms with Gasteiger partial charge in [-0.3, -0.25) is 4.68 Å². The van der Waals surface area contributed by atoms with E-state index in [2.05, 4.69) is 5.10 Å². The van der Waals surface area contributed by atoms with Gasteiger partial charge in [-0.05, 0) is 36.2 Å². The molecule has 0 saturated carbocycles. The van der Waals surface area contributed by atoms with Crippen molar-refractivity contribution < 1.29 is 45.8 Å². The molecule has 0 spiro atoms. The van der Waals surface area contributed by atoms with E-state index < -0.39 is 42.1 Å². The molecule has 7 nitrogen and oxygen atoms in total. The van der Waals surface area contributed by atoms with E-state index in [4.69, 9.17) is 9.84 Å². The summed E-state index contributed by atoms with van der Waals surface area (Å²) in [6, 6.07) is 2.51. The third-order valence-electron chi connectivity index (χ3n) is 4.76. The normalized spacial score (nSPS) is 14.6. The number of hydrogen-bond acceptors (Lipinski definition) is 4. The number of benzene rings is 1. The third-order valence-corrected chi connectivity index (χ3v) is 4.76. The molecular formula is C19H17F6N3O4. The number of fused-ring (bicyclic) bond motifs is 1. The van der Waals surface area contributed by atoms with E-state index in [1.165, 1.54) is 15.6 Å². The molecule has 32 heavy (non-hydrogen) atoms. The van der Waals surface area contributed by atoms with Crippen molar-refractivity contribution in [3.63, 3.8) is 0 Å². The van der Waals surface area contributed by atoms with Crippen molar-refractivity contribution in [1.29, 1.82) is 0 Å². The summed E-state index contributed by atoms with van der Waals surface area (Å²) in [7, 11) is 0. The minimum absolute atomic E-state index is 0.000887. The van der Waals surface area contributed by atoms with Crippen LogP contribution in [0, 0.1) is 0 Å². The number of carbonyl (C=O) groups is 2. The number of amides is 1. The Balaban J connectivity index is 1.66. The van der Waals surface area contributed by atoms with Crippen LogP contribution in [0.1, 0.15) is 39.3 Å². The van der Waals surface area contributed by atoms with Gasteiger partial charge in [0.05, 0.1) is 30.0 Å². The molecule has 0 fully saturated rings. The average molecular weight is 465 g/mol. The lowest BCUT2D eigenvalue weighted by molar-refractivity contribution is -0.143. The fraction of sp³-hybridized carbons (Fsp3) is 0.421. The van der Waals surface area contributed by atoms with Gasteiger partial charge in [0.15, 0.2) is 5.69 Å². The second kappa shape index (κ2) is 8.71. The van der Waals surface area contributed by atoms with Crippen molar-refractivity contribution in [2.24, 2.45) is 0 Å². The fourth-order valence-electron chi connectivity index (χ4n) is 3.23. The van der Waals surface area contributed by atoms with Gasteiger partial charge in [0.25, 0.3) is 0 Å². The molecule has 1 aliphatic heterocycles. The van der Waals surface area contributed by atoms with E-state index >= 15 is 0 Å². The number of carbonyl (C=O) groups excluding carboxylic acids is 1. The number of halogens is 6. The SMILES string of the molecule is O=C(O)c1cc2n(n1)CCCN(C(=O)OCCc1cc(C(F)(F)F)cc(C(F)(F)F)c1)C2. The third kappa shape index (κ3) is 5.51. The quantitative estimate of drug-likeness (QED) is 0.685. The Morgan fingerprint density at radius 3 is 2.19 bits per heavy atom. The number of carboxylic acids is 1. The summed E-state index contributed by atoms with van der Waals surface area (Å²) >= 11 is 0. The highest BCUT2D eigenvalue weighted by atomic mass is 19.4. The zero-order valence-corrected chi connectivity index (χ0v) is 16.3. The number of aromatic carboxylic acids is 1. The summed E-state index contributed by atoms with van der Waals surface area (Å²) in [6.45, 7) is 0.192. The number of alkyl halides is 6. The lowest BCUT2D eigenvalue weighted by Gasteiger charge is -2.19. The van der Waals surface area contributed by atoms with Crippen LogP contribution in [0.5, 0.6) is 0 Å². The monoisotopic (exact) mass is 465 g/mol. The molecule has 1 aliphatic rings. The predicted octanol–water partition coefficient (Wildman–Crippen LogP) is 4.20. The molecule has 174 valence electrons. The van der Waals surface area contributed by atoms with Crippen molar-refractivity contribution in [3.8, 4) is 0 Å². The molecule has 0 aliphatic carbocycles. The Morgan fingerprint density at radius 2 is 1.62 bits per heavy atom. The van der Waals surface area contributed by atoms with E-state index in [0.29, 0.717) is 30.8 Å². The lowest BCUT2D eigenvalue weighted by Crippen LogP contribution is -2.31. The van der Waals surface area contributed by atoms with Crippen LogP contribution in [-0.4, -0.2) is 45.0 Å². The maximum Gasteiger partial charge on any atom is 0.416 e. The summed E-state index contributed by atoms with van der Waals surface area (Å²) in [5.74, 6) is -1.22. The van der Waals surface area contributed by atoms with E-state index in [-0.39, 0.29) is 36.8 Å². The van der Waals surface area contributed by atoms with Crippen molar-refractivity contribution in [2.45, 2.75) is 38.3 Å². The van der Waals surface area contributed by atoms with Gasteiger partial charge in [-0.15, -0.1) is 0 Å². The van der Waals surface area contributed by atoms with Gasteiger partial charge in [0, 0.05) is 19.5 Å². The van der Waals surface area contributed by atoms with Gasteiger partial charge < -0.3 is 14.7 Å². The van der Waals surface area contributed by atoms with Crippen molar-refractivity contribution in [3.05, 3.63) is 52.3 Å². The topological polar surface area (TPSA) is 84.7 Å². The molecule has 1 N–H and O–H groups in total. The van der Waals surface area contributed by atoms with Crippen LogP contribution in [0.15, 0.2) is 24.3 Å². The minimum atomic E-state index is -4.96. The van der Waals surface area contributed by atoms with E-state index in [0.717, 1.165) is 0 Å². The predicted molar refractivity (Wildman–Crippen MR) is 95.7 cm³/mol. The molecule has 0 atom stereocenters. The van der Waals surface area contributed by atoms with Crippen LogP contribution in [-0.2, 0) is 36.6 Å². The second-order valence-electron chi connectivity index (χ2n) is 7.10. The molecule has 2 aromatic rings. The number of nitrogens with zero attached hydrogens (tertiary/aromatic N) is 3. The van der Waals surface area contributed by atoms with E-state index in [9.17, 15) is 35.9 Å². The fourth-order valence-corrected chi connectivity index (χ4v) is 3.23. The number of carboxylic acid groups (broad SMARTS) is 1. The Hall–Kier alpha value is -3.25. The average Bonchev–Trinajstić information content (AvgIpc) is 2.98. The molecule has 1 aromatic heterocycles. The van der Waals surface area contributed by atoms with Crippen LogP contribution in [0.3, 0.4) is 0 Å². The lowest BCUT2D eigenvalue weighted by atomic mass is 10.0. The largest absolute Gasteiger partial charge is 0.476 e. The van der Waals surface area contributed by atoms with Gasteiger partial charge in [0.2, 0.25) is 0 Å². The van der Waals surface area contributed by atoms with Crippen LogP contribution >= 0.6 is 0 Å². The minimum Gasteiger partial charge on any atom is -0.476 e. The first kappa shape index (κ1) is 23.4. The van der Waals surface area contributed by atoms with E-state index in [1.807, 2.05) is 0 Å². The molecule has 13 heteroatoms. The van der Waals surface area contributed by atoms with Crippen molar-refractivity contribution >= 4 is 12.1 Å². The number of aryl methyl sites for hydroxylation is 1. The zero-order chi connectivity index (χ0) is 23.7. The van der Waals surface area contributed by atoms with Crippen molar-refractivity contribution in [1.82, 2.24) is 14.7 Å². The number of hydrogen-bond donors (Lipinski definition) is 1. The Labute approximate surface area is 177 Å².